The summed E-state index contributed by atoms with van der Waals surface area (Å²) in [6, 6.07) is 8.16. The van der Waals surface area contributed by atoms with Crippen LogP contribution in [0.1, 0.15) is 25.3 Å². The molecule has 0 saturated carbocycles. The molecule has 0 heterocycles. The summed E-state index contributed by atoms with van der Waals surface area (Å²) in [5, 5.41) is 0. The number of rotatable bonds is 4. The number of hydrogen-bond acceptors (Lipinski definition) is 2. The van der Waals surface area contributed by atoms with Gasteiger partial charge in [-0.05, 0) is 36.1 Å². The third-order valence-electron chi connectivity index (χ3n) is 2.60. The Balaban J connectivity index is 2.84. The van der Waals surface area contributed by atoms with Crippen molar-refractivity contribution in [2.75, 3.05) is 13.7 Å². The lowest BCUT2D eigenvalue weighted by Crippen LogP contribution is -2.17. The Labute approximate surface area is 86.1 Å². The minimum absolute atomic E-state index is 0.445. The lowest BCUT2D eigenvalue weighted by atomic mass is 9.89. The number of ether oxygens (including phenoxy) is 1. The lowest BCUT2D eigenvalue weighted by molar-refractivity contribution is 0.414. The zero-order valence-electron chi connectivity index (χ0n) is 9.16. The van der Waals surface area contributed by atoms with Crippen LogP contribution in [-0.4, -0.2) is 13.7 Å². The molecule has 1 atom stereocenters. The molecule has 0 amide bonds. The third-order valence-corrected chi connectivity index (χ3v) is 2.60. The van der Waals surface area contributed by atoms with Gasteiger partial charge in [-0.15, -0.1) is 0 Å². The first-order valence-electron chi connectivity index (χ1n) is 5.03. The van der Waals surface area contributed by atoms with Crippen molar-refractivity contribution in [1.29, 1.82) is 0 Å². The van der Waals surface area contributed by atoms with Crippen LogP contribution in [0, 0.1) is 5.92 Å². The van der Waals surface area contributed by atoms with E-state index in [4.69, 9.17) is 10.5 Å². The van der Waals surface area contributed by atoms with Gasteiger partial charge >= 0.3 is 0 Å². The molecule has 0 aliphatic carbocycles. The molecular formula is C12H19NO. The highest BCUT2D eigenvalue weighted by Crippen LogP contribution is 2.24. The molecule has 0 fully saturated rings. The Kier molecular flexibility index (Phi) is 3.96. The largest absolute Gasteiger partial charge is 0.497 e. The van der Waals surface area contributed by atoms with Gasteiger partial charge in [0.1, 0.15) is 5.75 Å². The first-order valence-corrected chi connectivity index (χ1v) is 5.03. The van der Waals surface area contributed by atoms with Crippen molar-refractivity contribution < 1.29 is 4.74 Å². The van der Waals surface area contributed by atoms with E-state index in [1.807, 2.05) is 12.1 Å². The normalized spacial score (nSPS) is 12.9. The quantitative estimate of drug-likeness (QED) is 0.797. The van der Waals surface area contributed by atoms with Crippen LogP contribution in [0.2, 0.25) is 0 Å². The molecule has 2 N–H and O–H groups in total. The molecule has 0 radical (unpaired) electrons. The highest BCUT2D eigenvalue weighted by Gasteiger charge is 2.13. The van der Waals surface area contributed by atoms with Crippen LogP contribution in [0.25, 0.3) is 0 Å². The average Bonchev–Trinajstić information content (AvgIpc) is 2.19. The summed E-state index contributed by atoms with van der Waals surface area (Å²) < 4.78 is 5.11. The summed E-state index contributed by atoms with van der Waals surface area (Å²) >= 11 is 0. The summed E-state index contributed by atoms with van der Waals surface area (Å²) in [5.41, 5.74) is 7.04. The number of methoxy groups -OCH3 is 1. The Bertz CT molecular complexity index is 266. The molecule has 1 aromatic carbocycles. The zero-order valence-corrected chi connectivity index (χ0v) is 9.16. The standard InChI is InChI=1S/C12H19NO/c1-9(2)12(8-13)10-4-6-11(14-3)7-5-10/h4-7,9,12H,8,13H2,1-3H3. The van der Waals surface area contributed by atoms with E-state index in [1.165, 1.54) is 5.56 Å². The van der Waals surface area contributed by atoms with Gasteiger partial charge in [0.25, 0.3) is 0 Å². The lowest BCUT2D eigenvalue weighted by Gasteiger charge is -2.19. The van der Waals surface area contributed by atoms with Gasteiger partial charge in [-0.1, -0.05) is 26.0 Å². The molecule has 0 aliphatic heterocycles. The van der Waals surface area contributed by atoms with Gasteiger partial charge in [0.15, 0.2) is 0 Å². The predicted molar refractivity (Wildman–Crippen MR) is 59.6 cm³/mol. The molecule has 2 nitrogen and oxygen atoms in total. The van der Waals surface area contributed by atoms with Crippen molar-refractivity contribution in [3.63, 3.8) is 0 Å². The molecule has 0 spiro atoms. The first kappa shape index (κ1) is 11.1. The third kappa shape index (κ3) is 2.48. The minimum Gasteiger partial charge on any atom is -0.497 e. The van der Waals surface area contributed by atoms with Crippen LogP contribution in [-0.2, 0) is 0 Å². The van der Waals surface area contributed by atoms with Gasteiger partial charge < -0.3 is 10.5 Å². The highest BCUT2D eigenvalue weighted by atomic mass is 16.5. The molecule has 0 aromatic heterocycles. The predicted octanol–water partition coefficient (Wildman–Crippen LogP) is 2.39. The van der Waals surface area contributed by atoms with Crippen molar-refractivity contribution in [3.8, 4) is 5.75 Å². The van der Waals surface area contributed by atoms with Gasteiger partial charge in [-0.25, -0.2) is 0 Å². The van der Waals surface area contributed by atoms with Crippen molar-refractivity contribution in [2.45, 2.75) is 19.8 Å². The number of hydrogen-bond donors (Lipinski definition) is 1. The Hall–Kier alpha value is -1.02. The molecule has 2 heteroatoms. The summed E-state index contributed by atoms with van der Waals surface area (Å²) in [6.07, 6.45) is 0. The molecule has 1 unspecified atom stereocenters. The Morgan fingerprint density at radius 2 is 1.79 bits per heavy atom. The van der Waals surface area contributed by atoms with Crippen LogP contribution in [0.5, 0.6) is 5.75 Å². The number of benzene rings is 1. The van der Waals surface area contributed by atoms with Gasteiger partial charge in [-0.3, -0.25) is 0 Å². The molecular weight excluding hydrogens is 174 g/mol. The van der Waals surface area contributed by atoms with E-state index in [0.29, 0.717) is 18.4 Å². The first-order chi connectivity index (χ1) is 6.69. The molecule has 0 saturated heterocycles. The summed E-state index contributed by atoms with van der Waals surface area (Å²) in [6.45, 7) is 5.09. The fraction of sp³-hybridized carbons (Fsp3) is 0.500. The molecule has 78 valence electrons. The van der Waals surface area contributed by atoms with E-state index in [-0.39, 0.29) is 0 Å². The van der Waals surface area contributed by atoms with Gasteiger partial charge in [0.2, 0.25) is 0 Å². The van der Waals surface area contributed by atoms with Gasteiger partial charge in [0, 0.05) is 0 Å². The molecule has 0 aliphatic rings. The van der Waals surface area contributed by atoms with E-state index in [0.717, 1.165) is 5.75 Å². The monoisotopic (exact) mass is 193 g/mol. The summed E-state index contributed by atoms with van der Waals surface area (Å²) in [4.78, 5) is 0. The van der Waals surface area contributed by atoms with E-state index in [1.54, 1.807) is 7.11 Å². The van der Waals surface area contributed by atoms with Crippen molar-refractivity contribution in [1.82, 2.24) is 0 Å². The minimum atomic E-state index is 0.445. The zero-order chi connectivity index (χ0) is 10.6. The van der Waals surface area contributed by atoms with Crippen molar-refractivity contribution in [3.05, 3.63) is 29.8 Å². The van der Waals surface area contributed by atoms with Crippen molar-refractivity contribution >= 4 is 0 Å². The van der Waals surface area contributed by atoms with Gasteiger partial charge in [-0.2, -0.15) is 0 Å². The van der Waals surface area contributed by atoms with Crippen LogP contribution in [0.3, 0.4) is 0 Å². The SMILES string of the molecule is COc1ccc(C(CN)C(C)C)cc1. The maximum atomic E-state index is 5.75. The number of nitrogens with two attached hydrogens (primary N) is 1. The average molecular weight is 193 g/mol. The second-order valence-electron chi connectivity index (χ2n) is 3.86. The molecule has 1 aromatic rings. The van der Waals surface area contributed by atoms with E-state index in [2.05, 4.69) is 26.0 Å². The topological polar surface area (TPSA) is 35.2 Å². The second kappa shape index (κ2) is 5.01. The van der Waals surface area contributed by atoms with E-state index in [9.17, 15) is 0 Å². The second-order valence-corrected chi connectivity index (χ2v) is 3.86. The summed E-state index contributed by atoms with van der Waals surface area (Å²) in [7, 11) is 1.68. The Morgan fingerprint density at radius 3 is 2.14 bits per heavy atom. The highest BCUT2D eigenvalue weighted by molar-refractivity contribution is 5.29. The van der Waals surface area contributed by atoms with Crippen LogP contribution < -0.4 is 10.5 Å². The van der Waals surface area contributed by atoms with Gasteiger partial charge in [0.05, 0.1) is 7.11 Å². The van der Waals surface area contributed by atoms with Crippen LogP contribution >= 0.6 is 0 Å². The maximum Gasteiger partial charge on any atom is 0.118 e. The molecule has 1 rings (SSSR count). The van der Waals surface area contributed by atoms with Crippen LogP contribution in [0.15, 0.2) is 24.3 Å². The van der Waals surface area contributed by atoms with Crippen molar-refractivity contribution in [2.24, 2.45) is 11.7 Å². The fourth-order valence-corrected chi connectivity index (χ4v) is 1.64. The molecule has 14 heavy (non-hydrogen) atoms. The maximum absolute atomic E-state index is 5.75. The smallest absolute Gasteiger partial charge is 0.118 e. The fourth-order valence-electron chi connectivity index (χ4n) is 1.64. The Morgan fingerprint density at radius 1 is 1.21 bits per heavy atom. The van der Waals surface area contributed by atoms with Crippen LogP contribution in [0.4, 0.5) is 0 Å². The van der Waals surface area contributed by atoms with E-state index < -0.39 is 0 Å². The summed E-state index contributed by atoms with van der Waals surface area (Å²) in [5.74, 6) is 1.92. The van der Waals surface area contributed by atoms with E-state index >= 15 is 0 Å². The molecule has 0 bridgehead atoms.